The first-order chi connectivity index (χ1) is 35.6. The van der Waals surface area contributed by atoms with E-state index in [0.717, 1.165) is 46.1 Å². The third-order valence-corrected chi connectivity index (χ3v) is 12.0. The Morgan fingerprint density at radius 2 is 1.32 bits per heavy atom. The molecule has 1 saturated heterocycles. The molecule has 1 aliphatic carbocycles. The van der Waals surface area contributed by atoms with Crippen LogP contribution in [0.2, 0.25) is 0 Å². The highest BCUT2D eigenvalue weighted by molar-refractivity contribution is 5.91. The van der Waals surface area contributed by atoms with Gasteiger partial charge in [0.05, 0.1) is 32.6 Å². The topological polar surface area (TPSA) is 274 Å². The van der Waals surface area contributed by atoms with Crippen molar-refractivity contribution < 1.29 is 81.0 Å². The number of unbranched alkanes of at least 4 members (excludes halogenated alkanes) is 1. The van der Waals surface area contributed by atoms with Crippen LogP contribution in [0.3, 0.4) is 0 Å². The van der Waals surface area contributed by atoms with Crippen LogP contribution in [0.1, 0.15) is 115 Å². The van der Waals surface area contributed by atoms with Gasteiger partial charge < -0.3 is 53.3 Å². The second-order valence-electron chi connectivity index (χ2n) is 18.1. The number of esters is 6. The second kappa shape index (κ2) is 31.1. The molecule has 2 aliphatic rings. The molecule has 0 radical (unpaired) electrons. The highest BCUT2D eigenvalue weighted by Crippen LogP contribution is 2.30. The SMILES string of the molecule is CC(=O)OCC1OC(OCCn2cc(COC[C@H](NC(=O)CCCCC3CCCCC3)C(=O)N[C@H](CCC(=O)OCc3ccccc3)C(=O)OCc3ccccc3)nn2)C(OC(C)=O)C(OC(C)=O)C1OC(C)=O. The summed E-state index contributed by atoms with van der Waals surface area (Å²) in [6, 6.07) is 15.5. The third kappa shape index (κ3) is 21.0. The van der Waals surface area contributed by atoms with Gasteiger partial charge in [-0.3, -0.25) is 33.6 Å². The molecule has 7 atom stereocenters. The van der Waals surface area contributed by atoms with E-state index in [-0.39, 0.29) is 64.7 Å². The zero-order valence-corrected chi connectivity index (χ0v) is 42.5. The quantitative estimate of drug-likeness (QED) is 0.0558. The van der Waals surface area contributed by atoms with E-state index in [1.54, 1.807) is 24.3 Å². The summed E-state index contributed by atoms with van der Waals surface area (Å²) in [6.45, 7) is 3.40. The predicted molar refractivity (Wildman–Crippen MR) is 258 cm³/mol. The maximum Gasteiger partial charge on any atom is 0.328 e. The maximum atomic E-state index is 14.1. The van der Waals surface area contributed by atoms with E-state index < -0.39 is 91.1 Å². The number of carbonyl (C=O) groups is 8. The number of nitrogens with one attached hydrogen (secondary N) is 2. The molecule has 404 valence electrons. The lowest BCUT2D eigenvalue weighted by Gasteiger charge is -2.44. The Morgan fingerprint density at radius 1 is 0.689 bits per heavy atom. The van der Waals surface area contributed by atoms with E-state index in [1.165, 1.54) is 43.0 Å². The van der Waals surface area contributed by atoms with E-state index in [0.29, 0.717) is 23.6 Å². The Labute approximate surface area is 430 Å². The summed E-state index contributed by atoms with van der Waals surface area (Å²) in [5, 5.41) is 13.7. The van der Waals surface area contributed by atoms with Crippen LogP contribution in [-0.4, -0.2) is 125 Å². The average Bonchev–Trinajstić information content (AvgIpc) is 3.83. The van der Waals surface area contributed by atoms with E-state index in [4.69, 9.17) is 42.6 Å². The Hall–Kier alpha value is -6.78. The zero-order valence-electron chi connectivity index (χ0n) is 42.5. The van der Waals surface area contributed by atoms with Crippen LogP contribution in [0, 0.1) is 5.92 Å². The van der Waals surface area contributed by atoms with Crippen LogP contribution < -0.4 is 10.6 Å². The van der Waals surface area contributed by atoms with E-state index in [2.05, 4.69) is 20.9 Å². The smallest absolute Gasteiger partial charge is 0.328 e. The number of benzene rings is 2. The van der Waals surface area contributed by atoms with Gasteiger partial charge in [0.2, 0.25) is 11.8 Å². The molecule has 2 N–H and O–H groups in total. The minimum absolute atomic E-state index is 0.0247. The molecule has 22 heteroatoms. The molecule has 0 bridgehead atoms. The van der Waals surface area contributed by atoms with E-state index >= 15 is 0 Å². The molecule has 5 rings (SSSR count). The average molecular weight is 1040 g/mol. The van der Waals surface area contributed by atoms with Crippen molar-refractivity contribution in [2.45, 2.75) is 167 Å². The summed E-state index contributed by atoms with van der Waals surface area (Å²) in [5.41, 5.74) is 1.81. The number of nitrogens with zero attached hydrogens (tertiary/aromatic N) is 3. The van der Waals surface area contributed by atoms with Gasteiger partial charge in [-0.25, -0.2) is 9.48 Å². The van der Waals surface area contributed by atoms with Crippen molar-refractivity contribution in [1.82, 2.24) is 25.6 Å². The van der Waals surface area contributed by atoms with Gasteiger partial charge in [0.15, 0.2) is 24.6 Å². The molecule has 3 aromatic rings. The van der Waals surface area contributed by atoms with Gasteiger partial charge in [-0.2, -0.15) is 0 Å². The number of amides is 2. The minimum atomic E-state index is -1.42. The van der Waals surface area contributed by atoms with Gasteiger partial charge in [0, 0.05) is 40.5 Å². The van der Waals surface area contributed by atoms with Crippen LogP contribution in [0.5, 0.6) is 0 Å². The number of rotatable bonds is 29. The van der Waals surface area contributed by atoms with Crippen molar-refractivity contribution in [3.63, 3.8) is 0 Å². The largest absolute Gasteiger partial charge is 0.463 e. The number of hydrogen-bond acceptors (Lipinski definition) is 19. The number of aromatic nitrogens is 3. The molecular weight excluding hydrogens is 967 g/mol. The van der Waals surface area contributed by atoms with Crippen molar-refractivity contribution in [3.8, 4) is 0 Å². The van der Waals surface area contributed by atoms with E-state index in [9.17, 15) is 38.4 Å². The van der Waals surface area contributed by atoms with Crippen LogP contribution in [0.15, 0.2) is 66.9 Å². The lowest BCUT2D eigenvalue weighted by Crippen LogP contribution is -2.63. The molecule has 2 aromatic carbocycles. The van der Waals surface area contributed by atoms with Crippen LogP contribution >= 0.6 is 0 Å². The molecule has 2 fully saturated rings. The molecule has 1 aromatic heterocycles. The molecule has 1 saturated carbocycles. The Balaban J connectivity index is 1.22. The summed E-state index contributed by atoms with van der Waals surface area (Å²) in [4.78, 5) is 102. The maximum absolute atomic E-state index is 14.1. The number of ether oxygens (including phenoxy) is 9. The third-order valence-electron chi connectivity index (χ3n) is 12.0. The lowest BCUT2D eigenvalue weighted by atomic mass is 9.85. The standard InChI is InChI=1S/C52H69N5O17/c1-34(58)68-33-44-47(71-35(2)59)48(72-36(3)60)49(73-37(4)61)52(74-44)67-27-26-57-28-41(55-56-57)31-66-32-43(53-45(62)23-15-14-18-38-16-8-5-9-17-38)50(64)54-42(51(65)70-30-40-21-12-7-13-22-40)24-25-46(63)69-29-39-19-10-6-11-20-39/h6-7,10-13,19-22,28,38,42-44,47-49,52H,5,8-9,14-18,23-27,29-33H2,1-4H3,(H,53,62)(H,54,64)/t42-,43+,44?,47?,48?,49?,52?/m1/s1. The minimum Gasteiger partial charge on any atom is -0.463 e. The van der Waals surface area contributed by atoms with Crippen molar-refractivity contribution >= 4 is 47.6 Å². The second-order valence-corrected chi connectivity index (χ2v) is 18.1. The van der Waals surface area contributed by atoms with Crippen molar-refractivity contribution in [3.05, 3.63) is 83.7 Å². The van der Waals surface area contributed by atoms with Crippen LogP contribution in [0.25, 0.3) is 0 Å². The summed E-state index contributed by atoms with van der Waals surface area (Å²) in [7, 11) is 0. The predicted octanol–water partition coefficient (Wildman–Crippen LogP) is 4.27. The van der Waals surface area contributed by atoms with Gasteiger partial charge in [0.25, 0.3) is 0 Å². The first-order valence-electron chi connectivity index (χ1n) is 25.0. The highest BCUT2D eigenvalue weighted by Gasteiger charge is 2.52. The van der Waals surface area contributed by atoms with Crippen LogP contribution in [-0.2, 0) is 107 Å². The van der Waals surface area contributed by atoms with E-state index in [1.807, 2.05) is 36.4 Å². The Bertz CT molecular complexity index is 2270. The number of carbonyl (C=O) groups excluding carboxylic acids is 8. The number of hydrogen-bond donors (Lipinski definition) is 2. The molecule has 0 spiro atoms. The van der Waals surface area contributed by atoms with Gasteiger partial charge in [-0.05, 0) is 29.9 Å². The van der Waals surface area contributed by atoms with Crippen LogP contribution in [0.4, 0.5) is 0 Å². The normalized spacial score (nSPS) is 19.4. The van der Waals surface area contributed by atoms with Gasteiger partial charge in [-0.15, -0.1) is 5.10 Å². The first-order valence-corrected chi connectivity index (χ1v) is 25.0. The zero-order chi connectivity index (χ0) is 53.2. The van der Waals surface area contributed by atoms with Gasteiger partial charge >= 0.3 is 35.8 Å². The fourth-order valence-corrected chi connectivity index (χ4v) is 8.45. The molecule has 1 aliphatic heterocycles. The lowest BCUT2D eigenvalue weighted by molar-refractivity contribution is -0.308. The summed E-state index contributed by atoms with van der Waals surface area (Å²) < 4.78 is 51.7. The van der Waals surface area contributed by atoms with Crippen molar-refractivity contribution in [2.75, 3.05) is 19.8 Å². The molecule has 74 heavy (non-hydrogen) atoms. The van der Waals surface area contributed by atoms with Gasteiger partial charge in [0.1, 0.15) is 43.7 Å². The fourth-order valence-electron chi connectivity index (χ4n) is 8.45. The Kier molecular flexibility index (Phi) is 24.4. The fraction of sp³-hybridized carbons (Fsp3) is 0.577. The monoisotopic (exact) mass is 1040 g/mol. The molecule has 5 unspecified atom stereocenters. The molecule has 22 nitrogen and oxygen atoms in total. The molecule has 2 amide bonds. The van der Waals surface area contributed by atoms with Gasteiger partial charge in [-0.1, -0.05) is 111 Å². The molecule has 2 heterocycles. The first kappa shape index (κ1) is 58.1. The highest BCUT2D eigenvalue weighted by atomic mass is 16.7. The summed E-state index contributed by atoms with van der Waals surface area (Å²) >= 11 is 0. The Morgan fingerprint density at radius 3 is 1.97 bits per heavy atom. The van der Waals surface area contributed by atoms with Crippen molar-refractivity contribution in [2.24, 2.45) is 5.92 Å². The summed E-state index contributed by atoms with van der Waals surface area (Å²) in [5.74, 6) is -4.87. The summed E-state index contributed by atoms with van der Waals surface area (Å²) in [6.07, 6.45) is 3.14. The molecular formula is C52H69N5O17. The van der Waals surface area contributed by atoms with Crippen molar-refractivity contribution in [1.29, 1.82) is 0 Å².